The lowest BCUT2D eigenvalue weighted by Gasteiger charge is -2.21. The van der Waals surface area contributed by atoms with Crippen molar-refractivity contribution in [2.24, 2.45) is 0 Å². The first kappa shape index (κ1) is 14.6. The van der Waals surface area contributed by atoms with Crippen molar-refractivity contribution in [3.05, 3.63) is 41.4 Å². The Morgan fingerprint density at radius 3 is 3.00 bits per heavy atom. The molecule has 1 aliphatic carbocycles. The number of nitrogens with zero attached hydrogens (tertiary/aromatic N) is 6. The summed E-state index contributed by atoms with van der Waals surface area (Å²) in [6.07, 6.45) is 7.41. The van der Waals surface area contributed by atoms with Crippen LogP contribution in [0.3, 0.4) is 0 Å². The summed E-state index contributed by atoms with van der Waals surface area (Å²) < 4.78 is 7.01. The first-order valence-corrected chi connectivity index (χ1v) is 8.66. The molecule has 25 heavy (non-hydrogen) atoms. The van der Waals surface area contributed by atoms with Gasteiger partial charge in [-0.3, -0.25) is 4.79 Å². The zero-order chi connectivity index (χ0) is 17.0. The molecule has 1 amide bonds. The van der Waals surface area contributed by atoms with Crippen molar-refractivity contribution in [3.63, 3.8) is 0 Å². The Hall–Kier alpha value is -2.77. The van der Waals surface area contributed by atoms with E-state index < -0.39 is 0 Å². The SMILES string of the molecule is Cc1ccn2ncc(C(=O)N3CCC[C@@H]3c3noc(C4CC4)n3)c2n1. The molecule has 0 spiro atoms. The number of carbonyl (C=O) groups excluding carboxylic acids is 1. The second-order valence-corrected chi connectivity index (χ2v) is 6.82. The summed E-state index contributed by atoms with van der Waals surface area (Å²) >= 11 is 0. The second-order valence-electron chi connectivity index (χ2n) is 6.82. The summed E-state index contributed by atoms with van der Waals surface area (Å²) in [6.45, 7) is 2.58. The molecule has 1 aliphatic heterocycles. The number of amides is 1. The minimum Gasteiger partial charge on any atom is -0.339 e. The van der Waals surface area contributed by atoms with Crippen molar-refractivity contribution >= 4 is 11.6 Å². The van der Waals surface area contributed by atoms with Crippen molar-refractivity contribution in [2.75, 3.05) is 6.54 Å². The summed E-state index contributed by atoms with van der Waals surface area (Å²) in [7, 11) is 0. The molecule has 0 radical (unpaired) electrons. The monoisotopic (exact) mass is 338 g/mol. The van der Waals surface area contributed by atoms with Crippen LogP contribution in [0.15, 0.2) is 23.0 Å². The van der Waals surface area contributed by atoms with E-state index in [0.717, 1.165) is 31.4 Å². The average molecular weight is 338 g/mol. The standard InChI is InChI=1S/C17H18N6O2/c1-10-6-8-23-15(19-10)12(9-18-23)17(24)22-7-2-3-13(22)14-20-16(25-21-14)11-4-5-11/h6,8-9,11,13H,2-5,7H2,1H3/t13-/m1/s1. The molecule has 2 fully saturated rings. The van der Waals surface area contributed by atoms with Gasteiger partial charge >= 0.3 is 0 Å². The third-order valence-corrected chi connectivity index (χ3v) is 4.93. The fourth-order valence-electron chi connectivity index (χ4n) is 3.42. The maximum Gasteiger partial charge on any atom is 0.259 e. The van der Waals surface area contributed by atoms with Crippen LogP contribution >= 0.6 is 0 Å². The number of likely N-dealkylation sites (tertiary alicyclic amines) is 1. The van der Waals surface area contributed by atoms with Gasteiger partial charge in [0.1, 0.15) is 5.56 Å². The highest BCUT2D eigenvalue weighted by Crippen LogP contribution is 2.40. The number of fused-ring (bicyclic) bond motifs is 1. The van der Waals surface area contributed by atoms with Crippen molar-refractivity contribution < 1.29 is 9.32 Å². The van der Waals surface area contributed by atoms with Gasteiger partial charge in [0.25, 0.3) is 5.91 Å². The van der Waals surface area contributed by atoms with Crippen LogP contribution in [0.4, 0.5) is 0 Å². The van der Waals surface area contributed by atoms with Gasteiger partial charge in [-0.25, -0.2) is 9.50 Å². The lowest BCUT2D eigenvalue weighted by molar-refractivity contribution is 0.0730. The fraction of sp³-hybridized carbons (Fsp3) is 0.471. The summed E-state index contributed by atoms with van der Waals surface area (Å²) in [5, 5.41) is 8.38. The predicted molar refractivity (Wildman–Crippen MR) is 87.0 cm³/mol. The molecule has 4 heterocycles. The molecule has 2 aliphatic rings. The Kier molecular flexibility index (Phi) is 3.13. The first-order chi connectivity index (χ1) is 12.2. The number of aryl methyl sites for hydroxylation is 1. The zero-order valence-electron chi connectivity index (χ0n) is 13.9. The molecule has 0 bridgehead atoms. The van der Waals surface area contributed by atoms with E-state index in [1.54, 1.807) is 10.7 Å². The van der Waals surface area contributed by atoms with E-state index in [2.05, 4.69) is 20.2 Å². The highest BCUT2D eigenvalue weighted by Gasteiger charge is 2.37. The molecule has 3 aromatic heterocycles. The number of hydrogen-bond acceptors (Lipinski definition) is 6. The van der Waals surface area contributed by atoms with Crippen molar-refractivity contribution in [1.29, 1.82) is 0 Å². The van der Waals surface area contributed by atoms with Crippen LogP contribution in [0.1, 0.15) is 65.4 Å². The van der Waals surface area contributed by atoms with Crippen LogP contribution in [-0.4, -0.2) is 42.1 Å². The molecule has 0 unspecified atom stereocenters. The largest absolute Gasteiger partial charge is 0.339 e. The second kappa shape index (κ2) is 5.37. The van der Waals surface area contributed by atoms with E-state index in [4.69, 9.17) is 4.52 Å². The molecule has 0 aromatic carbocycles. The molecule has 1 saturated carbocycles. The lowest BCUT2D eigenvalue weighted by Crippen LogP contribution is -2.31. The molecule has 0 N–H and O–H groups in total. The fourth-order valence-corrected chi connectivity index (χ4v) is 3.42. The number of hydrogen-bond donors (Lipinski definition) is 0. The Labute approximate surface area is 143 Å². The van der Waals surface area contributed by atoms with Gasteiger partial charge in [0.05, 0.1) is 12.2 Å². The van der Waals surface area contributed by atoms with Gasteiger partial charge in [-0.1, -0.05) is 5.16 Å². The van der Waals surface area contributed by atoms with E-state index in [9.17, 15) is 4.79 Å². The third-order valence-electron chi connectivity index (χ3n) is 4.93. The van der Waals surface area contributed by atoms with Gasteiger partial charge in [0, 0.05) is 24.4 Å². The molecular weight excluding hydrogens is 320 g/mol. The summed E-state index contributed by atoms with van der Waals surface area (Å²) in [5.74, 6) is 1.67. The average Bonchev–Trinajstić information content (AvgIpc) is 3.04. The quantitative estimate of drug-likeness (QED) is 0.728. The van der Waals surface area contributed by atoms with Crippen LogP contribution in [0.2, 0.25) is 0 Å². The normalized spacial score (nSPS) is 20.5. The van der Waals surface area contributed by atoms with Crippen LogP contribution < -0.4 is 0 Å². The molecule has 8 heteroatoms. The Balaban J connectivity index is 1.47. The van der Waals surface area contributed by atoms with Crippen LogP contribution in [0.5, 0.6) is 0 Å². The summed E-state index contributed by atoms with van der Waals surface area (Å²) in [6, 6.07) is 1.73. The highest BCUT2D eigenvalue weighted by molar-refractivity contribution is 6.00. The number of aromatic nitrogens is 5. The number of carbonyl (C=O) groups is 1. The Morgan fingerprint density at radius 2 is 2.16 bits per heavy atom. The maximum absolute atomic E-state index is 13.1. The van der Waals surface area contributed by atoms with Crippen molar-refractivity contribution in [1.82, 2.24) is 29.6 Å². The maximum atomic E-state index is 13.1. The smallest absolute Gasteiger partial charge is 0.259 e. The van der Waals surface area contributed by atoms with Gasteiger partial charge < -0.3 is 9.42 Å². The molecule has 5 rings (SSSR count). The molecule has 128 valence electrons. The first-order valence-electron chi connectivity index (χ1n) is 8.66. The van der Waals surface area contributed by atoms with E-state index >= 15 is 0 Å². The van der Waals surface area contributed by atoms with Crippen LogP contribution in [-0.2, 0) is 0 Å². The third kappa shape index (κ3) is 2.40. The van der Waals surface area contributed by atoms with Crippen LogP contribution in [0, 0.1) is 6.92 Å². The van der Waals surface area contributed by atoms with E-state index in [1.807, 2.05) is 24.1 Å². The molecule has 8 nitrogen and oxygen atoms in total. The minimum atomic E-state index is -0.136. The summed E-state index contributed by atoms with van der Waals surface area (Å²) in [5.41, 5.74) is 1.95. The summed E-state index contributed by atoms with van der Waals surface area (Å²) in [4.78, 5) is 23.9. The predicted octanol–water partition coefficient (Wildman–Crippen LogP) is 2.28. The molecular formula is C17H18N6O2. The van der Waals surface area contributed by atoms with Crippen molar-refractivity contribution in [3.8, 4) is 0 Å². The van der Waals surface area contributed by atoms with Gasteiger partial charge in [-0.2, -0.15) is 10.1 Å². The lowest BCUT2D eigenvalue weighted by atomic mass is 10.2. The van der Waals surface area contributed by atoms with E-state index in [0.29, 0.717) is 35.4 Å². The highest BCUT2D eigenvalue weighted by atomic mass is 16.5. The number of rotatable bonds is 3. The Morgan fingerprint density at radius 1 is 1.28 bits per heavy atom. The molecule has 3 aromatic rings. The minimum absolute atomic E-state index is 0.0756. The Bertz CT molecular complexity index is 957. The zero-order valence-corrected chi connectivity index (χ0v) is 13.9. The van der Waals surface area contributed by atoms with Crippen molar-refractivity contribution in [2.45, 2.75) is 44.6 Å². The van der Waals surface area contributed by atoms with Gasteiger partial charge in [-0.15, -0.1) is 0 Å². The molecule has 1 atom stereocenters. The van der Waals surface area contributed by atoms with Crippen LogP contribution in [0.25, 0.3) is 5.65 Å². The van der Waals surface area contributed by atoms with Gasteiger partial charge in [0.15, 0.2) is 11.5 Å². The van der Waals surface area contributed by atoms with E-state index in [-0.39, 0.29) is 11.9 Å². The topological polar surface area (TPSA) is 89.4 Å². The van der Waals surface area contributed by atoms with E-state index in [1.165, 1.54) is 0 Å². The van der Waals surface area contributed by atoms with Gasteiger partial charge in [0.2, 0.25) is 5.89 Å². The van der Waals surface area contributed by atoms with Gasteiger partial charge in [-0.05, 0) is 38.7 Å². The molecule has 1 saturated heterocycles.